The van der Waals surface area contributed by atoms with Crippen molar-refractivity contribution in [2.45, 2.75) is 39.4 Å². The fourth-order valence-corrected chi connectivity index (χ4v) is 2.53. The van der Waals surface area contributed by atoms with Crippen molar-refractivity contribution in [2.75, 3.05) is 12.4 Å². The summed E-state index contributed by atoms with van der Waals surface area (Å²) >= 11 is 1.38. The van der Waals surface area contributed by atoms with Crippen molar-refractivity contribution in [3.05, 3.63) is 34.8 Å². The van der Waals surface area contributed by atoms with Crippen LogP contribution in [0.15, 0.2) is 24.3 Å². The highest BCUT2D eigenvalue weighted by molar-refractivity contribution is 7.15. The number of benzene rings is 1. The summed E-state index contributed by atoms with van der Waals surface area (Å²) in [7, 11) is 1.61. The Morgan fingerprint density at radius 2 is 2.09 bits per heavy atom. The van der Waals surface area contributed by atoms with E-state index in [1.807, 2.05) is 38.1 Å². The van der Waals surface area contributed by atoms with Gasteiger partial charge in [0, 0.05) is 5.92 Å². The first-order valence-electron chi connectivity index (χ1n) is 7.38. The Labute approximate surface area is 139 Å². The molecule has 124 valence electrons. The zero-order valence-electron chi connectivity index (χ0n) is 13.7. The van der Waals surface area contributed by atoms with Crippen LogP contribution in [0, 0.1) is 0 Å². The molecule has 1 N–H and O–H groups in total. The Balaban J connectivity index is 1.86. The van der Waals surface area contributed by atoms with Crippen LogP contribution < -0.4 is 10.1 Å². The van der Waals surface area contributed by atoms with Crippen molar-refractivity contribution in [3.8, 4) is 5.75 Å². The van der Waals surface area contributed by atoms with Gasteiger partial charge in [0.25, 0.3) is 5.91 Å². The summed E-state index contributed by atoms with van der Waals surface area (Å²) in [6.07, 6.45) is -0.590. The number of nitrogens with zero attached hydrogens (tertiary/aromatic N) is 2. The van der Waals surface area contributed by atoms with Gasteiger partial charge in [0.15, 0.2) is 0 Å². The minimum atomic E-state index is -0.590. The molecule has 0 radical (unpaired) electrons. The quantitative estimate of drug-likeness (QED) is 0.841. The van der Waals surface area contributed by atoms with Crippen molar-refractivity contribution in [1.29, 1.82) is 0 Å². The van der Waals surface area contributed by atoms with Crippen LogP contribution in [0.2, 0.25) is 0 Å². The molecule has 0 spiro atoms. The van der Waals surface area contributed by atoms with Crippen LogP contribution in [0.5, 0.6) is 5.75 Å². The van der Waals surface area contributed by atoms with E-state index in [1.165, 1.54) is 11.3 Å². The Morgan fingerprint density at radius 3 is 2.74 bits per heavy atom. The Kier molecular flexibility index (Phi) is 6.06. The number of methoxy groups -OCH3 is 1. The SMILES string of the molecule is COc1cccc(COC(C)C(=O)Nc2nnc(C(C)C)s2)c1. The maximum absolute atomic E-state index is 12.1. The Morgan fingerprint density at radius 1 is 1.30 bits per heavy atom. The zero-order valence-corrected chi connectivity index (χ0v) is 14.5. The molecule has 1 aromatic carbocycles. The van der Waals surface area contributed by atoms with Crippen LogP contribution in [0.1, 0.15) is 37.3 Å². The van der Waals surface area contributed by atoms with Gasteiger partial charge in [-0.3, -0.25) is 10.1 Å². The predicted octanol–water partition coefficient (Wildman–Crippen LogP) is 3.21. The maximum Gasteiger partial charge on any atom is 0.255 e. The first-order chi connectivity index (χ1) is 11.0. The molecule has 0 bridgehead atoms. The standard InChI is InChI=1S/C16H21N3O3S/c1-10(2)15-18-19-16(23-15)17-14(20)11(3)22-9-12-6-5-7-13(8-12)21-4/h5-8,10-11H,9H2,1-4H3,(H,17,19,20). The van der Waals surface area contributed by atoms with Gasteiger partial charge in [-0.15, -0.1) is 10.2 Å². The molecule has 2 rings (SSSR count). The lowest BCUT2D eigenvalue weighted by atomic mass is 10.2. The zero-order chi connectivity index (χ0) is 16.8. The summed E-state index contributed by atoms with van der Waals surface area (Å²) in [6, 6.07) is 7.55. The van der Waals surface area contributed by atoms with E-state index in [0.717, 1.165) is 16.3 Å². The lowest BCUT2D eigenvalue weighted by Gasteiger charge is -2.12. The highest BCUT2D eigenvalue weighted by Crippen LogP contribution is 2.22. The minimum Gasteiger partial charge on any atom is -0.497 e. The van der Waals surface area contributed by atoms with Gasteiger partial charge >= 0.3 is 0 Å². The first-order valence-corrected chi connectivity index (χ1v) is 8.20. The van der Waals surface area contributed by atoms with Crippen molar-refractivity contribution in [3.63, 3.8) is 0 Å². The second-order valence-electron chi connectivity index (χ2n) is 5.39. The summed E-state index contributed by atoms with van der Waals surface area (Å²) in [5.41, 5.74) is 0.946. The van der Waals surface area contributed by atoms with Crippen LogP contribution >= 0.6 is 11.3 Å². The average Bonchev–Trinajstić information content (AvgIpc) is 3.01. The monoisotopic (exact) mass is 335 g/mol. The number of anilines is 1. The van der Waals surface area contributed by atoms with E-state index in [9.17, 15) is 4.79 Å². The summed E-state index contributed by atoms with van der Waals surface area (Å²) in [5.74, 6) is 0.817. The van der Waals surface area contributed by atoms with Gasteiger partial charge in [-0.25, -0.2) is 0 Å². The van der Waals surface area contributed by atoms with Gasteiger partial charge in [-0.05, 0) is 24.6 Å². The molecule has 1 aromatic heterocycles. The highest BCUT2D eigenvalue weighted by Gasteiger charge is 2.16. The molecular formula is C16H21N3O3S. The molecule has 6 nitrogen and oxygen atoms in total. The molecule has 1 amide bonds. The number of amides is 1. The molecule has 1 unspecified atom stereocenters. The molecule has 23 heavy (non-hydrogen) atoms. The van der Waals surface area contributed by atoms with Crippen LogP contribution in [0.25, 0.3) is 0 Å². The third-order valence-corrected chi connectivity index (χ3v) is 4.31. The molecular weight excluding hydrogens is 314 g/mol. The van der Waals surface area contributed by atoms with E-state index in [2.05, 4.69) is 15.5 Å². The third kappa shape index (κ3) is 5.01. The molecule has 0 fully saturated rings. The van der Waals surface area contributed by atoms with Crippen LogP contribution in [-0.2, 0) is 16.1 Å². The van der Waals surface area contributed by atoms with Crippen molar-refractivity contribution in [2.24, 2.45) is 0 Å². The molecule has 2 aromatic rings. The number of hydrogen-bond donors (Lipinski definition) is 1. The highest BCUT2D eigenvalue weighted by atomic mass is 32.1. The summed E-state index contributed by atoms with van der Waals surface area (Å²) in [4.78, 5) is 12.1. The maximum atomic E-state index is 12.1. The second-order valence-corrected chi connectivity index (χ2v) is 6.40. The molecule has 0 aliphatic rings. The first kappa shape index (κ1) is 17.4. The van der Waals surface area contributed by atoms with Gasteiger partial charge in [0.05, 0.1) is 13.7 Å². The average molecular weight is 335 g/mol. The molecule has 1 atom stereocenters. The van der Waals surface area contributed by atoms with Gasteiger partial charge in [0.2, 0.25) is 5.13 Å². The largest absolute Gasteiger partial charge is 0.497 e. The Hall–Kier alpha value is -1.99. The fraction of sp³-hybridized carbons (Fsp3) is 0.438. The van der Waals surface area contributed by atoms with E-state index in [-0.39, 0.29) is 5.91 Å². The topological polar surface area (TPSA) is 73.3 Å². The normalized spacial score (nSPS) is 12.2. The van der Waals surface area contributed by atoms with Crippen LogP contribution in [0.4, 0.5) is 5.13 Å². The summed E-state index contributed by atoms with van der Waals surface area (Å²) in [6.45, 7) is 6.11. The smallest absolute Gasteiger partial charge is 0.255 e. The molecule has 7 heteroatoms. The van der Waals surface area contributed by atoms with Gasteiger partial charge < -0.3 is 9.47 Å². The third-order valence-electron chi connectivity index (χ3n) is 3.17. The number of nitrogens with one attached hydrogen (secondary N) is 1. The number of ether oxygens (including phenoxy) is 2. The second kappa shape index (κ2) is 8.03. The van der Waals surface area contributed by atoms with E-state index in [4.69, 9.17) is 9.47 Å². The van der Waals surface area contributed by atoms with Gasteiger partial charge in [0.1, 0.15) is 16.9 Å². The lowest BCUT2D eigenvalue weighted by molar-refractivity contribution is -0.127. The summed E-state index contributed by atoms with van der Waals surface area (Å²) in [5, 5.41) is 12.1. The number of aromatic nitrogens is 2. The molecule has 0 saturated carbocycles. The fourth-order valence-electron chi connectivity index (χ4n) is 1.78. The lowest BCUT2D eigenvalue weighted by Crippen LogP contribution is -2.27. The van der Waals surface area contributed by atoms with Crippen LogP contribution in [0.3, 0.4) is 0 Å². The number of carbonyl (C=O) groups is 1. The molecule has 0 aliphatic heterocycles. The predicted molar refractivity (Wildman–Crippen MR) is 89.9 cm³/mol. The molecule has 0 saturated heterocycles. The summed E-state index contributed by atoms with van der Waals surface area (Å²) < 4.78 is 10.8. The van der Waals surface area contributed by atoms with Crippen molar-refractivity contribution in [1.82, 2.24) is 10.2 Å². The van der Waals surface area contributed by atoms with Crippen LogP contribution in [-0.4, -0.2) is 29.3 Å². The number of carbonyl (C=O) groups excluding carboxylic acids is 1. The molecule has 0 aliphatic carbocycles. The van der Waals surface area contributed by atoms with E-state index in [1.54, 1.807) is 14.0 Å². The van der Waals surface area contributed by atoms with E-state index < -0.39 is 6.10 Å². The molecule has 1 heterocycles. The number of hydrogen-bond acceptors (Lipinski definition) is 6. The van der Waals surface area contributed by atoms with E-state index >= 15 is 0 Å². The van der Waals surface area contributed by atoms with Crippen molar-refractivity contribution < 1.29 is 14.3 Å². The van der Waals surface area contributed by atoms with Gasteiger partial charge in [-0.2, -0.15) is 0 Å². The minimum absolute atomic E-state index is 0.237. The van der Waals surface area contributed by atoms with E-state index in [0.29, 0.717) is 17.7 Å². The van der Waals surface area contributed by atoms with Gasteiger partial charge in [-0.1, -0.05) is 37.3 Å². The Bertz CT molecular complexity index is 658. The van der Waals surface area contributed by atoms with Crippen molar-refractivity contribution >= 4 is 22.4 Å². The number of rotatable bonds is 7.